The van der Waals surface area contributed by atoms with E-state index in [0.717, 1.165) is 53.9 Å². The van der Waals surface area contributed by atoms with Crippen molar-refractivity contribution < 1.29 is 14.3 Å². The number of hydrogen-bond acceptors (Lipinski definition) is 7. The highest BCUT2D eigenvalue weighted by atomic mass is 16.7. The Morgan fingerprint density at radius 2 is 2.12 bits per heavy atom. The molecule has 0 bridgehead atoms. The number of nitrogens with zero attached hydrogens (tertiary/aromatic N) is 5. The number of fused-ring (bicyclic) bond motifs is 1. The minimum atomic E-state index is -0.288. The predicted octanol–water partition coefficient (Wildman–Crippen LogP) is 1.17. The maximum Gasteiger partial charge on any atom is 0.242 e. The lowest BCUT2D eigenvalue weighted by atomic mass is 10.1. The second-order valence-corrected chi connectivity index (χ2v) is 8.47. The van der Waals surface area contributed by atoms with E-state index < -0.39 is 0 Å². The number of likely N-dealkylation sites (N-methyl/N-ethyl adjacent to an activating group) is 1. The molecular weight excluding hydrogens is 422 g/mol. The Morgan fingerprint density at radius 1 is 1.27 bits per heavy atom. The summed E-state index contributed by atoms with van der Waals surface area (Å²) in [6.07, 6.45) is 6.77. The van der Waals surface area contributed by atoms with E-state index >= 15 is 0 Å². The fraction of sp³-hybridized carbons (Fsp3) is 0.435. The van der Waals surface area contributed by atoms with Gasteiger partial charge in [-0.25, -0.2) is 4.98 Å². The fourth-order valence-electron chi connectivity index (χ4n) is 4.50. The molecule has 10 heteroatoms. The van der Waals surface area contributed by atoms with E-state index in [1.54, 1.807) is 12.5 Å². The van der Waals surface area contributed by atoms with Crippen LogP contribution in [0.2, 0.25) is 0 Å². The Morgan fingerprint density at radius 3 is 2.91 bits per heavy atom. The smallest absolute Gasteiger partial charge is 0.242 e. The second kappa shape index (κ2) is 8.78. The van der Waals surface area contributed by atoms with Gasteiger partial charge in [-0.1, -0.05) is 6.07 Å². The van der Waals surface area contributed by atoms with Crippen LogP contribution in [0.5, 0.6) is 11.5 Å². The molecule has 3 aromatic rings. The summed E-state index contributed by atoms with van der Waals surface area (Å²) < 4.78 is 14.7. The van der Waals surface area contributed by atoms with E-state index in [2.05, 4.69) is 20.5 Å². The lowest BCUT2D eigenvalue weighted by Crippen LogP contribution is -2.44. The second-order valence-electron chi connectivity index (χ2n) is 8.47. The lowest BCUT2D eigenvalue weighted by molar-refractivity contribution is -0.122. The summed E-state index contributed by atoms with van der Waals surface area (Å²) in [6.45, 7) is 3.56. The van der Waals surface area contributed by atoms with Crippen molar-refractivity contribution in [1.82, 2.24) is 29.7 Å². The van der Waals surface area contributed by atoms with Gasteiger partial charge in [0.05, 0.1) is 5.69 Å². The molecule has 2 aliphatic heterocycles. The number of ether oxygens (including phenoxy) is 2. The van der Waals surface area contributed by atoms with Gasteiger partial charge in [-0.3, -0.25) is 9.36 Å². The number of imidazole rings is 2. The van der Waals surface area contributed by atoms with E-state index in [0.29, 0.717) is 6.54 Å². The van der Waals surface area contributed by atoms with Crippen LogP contribution in [-0.2, 0) is 18.3 Å². The van der Waals surface area contributed by atoms with Crippen LogP contribution in [-0.4, -0.2) is 64.0 Å². The van der Waals surface area contributed by atoms with Crippen LogP contribution in [0.3, 0.4) is 0 Å². The Bertz CT molecular complexity index is 1140. The molecule has 2 aromatic heterocycles. The van der Waals surface area contributed by atoms with Gasteiger partial charge in [0.25, 0.3) is 0 Å². The zero-order chi connectivity index (χ0) is 22.9. The summed E-state index contributed by atoms with van der Waals surface area (Å²) in [4.78, 5) is 24.3. The summed E-state index contributed by atoms with van der Waals surface area (Å²) in [5.41, 5.74) is 2.11. The summed E-state index contributed by atoms with van der Waals surface area (Å²) >= 11 is 0. The van der Waals surface area contributed by atoms with Gasteiger partial charge in [0.1, 0.15) is 12.4 Å². The van der Waals surface area contributed by atoms with E-state index in [1.807, 2.05) is 54.5 Å². The highest BCUT2D eigenvalue weighted by molar-refractivity contribution is 5.86. The first-order valence-corrected chi connectivity index (χ1v) is 11.2. The van der Waals surface area contributed by atoms with E-state index in [9.17, 15) is 4.79 Å². The van der Waals surface area contributed by atoms with Crippen LogP contribution < -0.4 is 25.0 Å². The van der Waals surface area contributed by atoms with Gasteiger partial charge in [-0.15, -0.1) is 0 Å². The molecule has 4 heterocycles. The molecule has 2 unspecified atom stereocenters. The van der Waals surface area contributed by atoms with Gasteiger partial charge in [0.2, 0.25) is 18.6 Å². The van der Waals surface area contributed by atoms with E-state index in [-0.39, 0.29) is 24.8 Å². The van der Waals surface area contributed by atoms with Crippen molar-refractivity contribution in [2.24, 2.45) is 7.05 Å². The molecule has 2 atom stereocenters. The molecule has 10 nitrogen and oxygen atoms in total. The predicted molar refractivity (Wildman–Crippen MR) is 123 cm³/mol. The highest BCUT2D eigenvalue weighted by Crippen LogP contribution is 2.33. The van der Waals surface area contributed by atoms with E-state index in [4.69, 9.17) is 14.5 Å². The van der Waals surface area contributed by atoms with Crippen LogP contribution in [0, 0.1) is 6.92 Å². The fourth-order valence-corrected chi connectivity index (χ4v) is 4.50. The van der Waals surface area contributed by atoms with Crippen LogP contribution in [0.15, 0.2) is 36.9 Å². The van der Waals surface area contributed by atoms with Gasteiger partial charge in [0.15, 0.2) is 17.3 Å². The Hall–Kier alpha value is -3.53. The molecule has 1 aromatic carbocycles. The number of rotatable bonds is 7. The van der Waals surface area contributed by atoms with Crippen molar-refractivity contribution in [1.29, 1.82) is 0 Å². The summed E-state index contributed by atoms with van der Waals surface area (Å²) in [6, 6.07) is 5.82. The number of carbonyl (C=O) groups excluding carboxylic acids is 1. The van der Waals surface area contributed by atoms with Gasteiger partial charge < -0.3 is 29.6 Å². The number of benzene rings is 1. The topological polar surface area (TPSA) is 98.5 Å². The minimum absolute atomic E-state index is 0.0164. The van der Waals surface area contributed by atoms with Gasteiger partial charge in [-0.2, -0.15) is 4.98 Å². The molecule has 2 aliphatic rings. The number of amides is 1. The SMILES string of the molecule is CNC1CC(C(=O)NCCc2ccc3c(c2)OCO3)N(c2nc(-n3ccnc3)n(C)c2C)C1. The van der Waals surface area contributed by atoms with Crippen LogP contribution in [0.25, 0.3) is 5.95 Å². The van der Waals surface area contributed by atoms with Crippen molar-refractivity contribution in [3.8, 4) is 17.4 Å². The van der Waals surface area contributed by atoms with Gasteiger partial charge in [0, 0.05) is 38.6 Å². The summed E-state index contributed by atoms with van der Waals surface area (Å²) in [7, 11) is 3.91. The average molecular weight is 452 g/mol. The molecule has 174 valence electrons. The van der Waals surface area contributed by atoms with Gasteiger partial charge >= 0.3 is 0 Å². The summed E-state index contributed by atoms with van der Waals surface area (Å²) in [5.74, 6) is 3.15. The summed E-state index contributed by atoms with van der Waals surface area (Å²) in [5, 5.41) is 6.45. The first-order valence-electron chi connectivity index (χ1n) is 11.2. The molecule has 33 heavy (non-hydrogen) atoms. The molecule has 1 fully saturated rings. The third kappa shape index (κ3) is 4.02. The van der Waals surface area contributed by atoms with Gasteiger partial charge in [-0.05, 0) is 44.5 Å². The monoisotopic (exact) mass is 451 g/mol. The molecule has 0 radical (unpaired) electrons. The Labute approximate surface area is 192 Å². The number of nitrogens with one attached hydrogen (secondary N) is 2. The van der Waals surface area contributed by atoms with Crippen molar-refractivity contribution in [2.75, 3.05) is 31.8 Å². The molecular formula is C23H29N7O3. The lowest BCUT2D eigenvalue weighted by Gasteiger charge is -2.24. The normalized spacial score (nSPS) is 19.3. The molecule has 0 saturated carbocycles. The molecule has 1 saturated heterocycles. The average Bonchev–Trinajstić information content (AvgIpc) is 3.61. The van der Waals surface area contributed by atoms with E-state index in [1.165, 1.54) is 0 Å². The van der Waals surface area contributed by atoms with Crippen molar-refractivity contribution >= 4 is 11.7 Å². The molecule has 2 N–H and O–H groups in total. The Balaban J connectivity index is 1.29. The first-order chi connectivity index (χ1) is 16.0. The van der Waals surface area contributed by atoms with Crippen LogP contribution in [0.4, 0.5) is 5.82 Å². The van der Waals surface area contributed by atoms with Crippen molar-refractivity contribution in [3.05, 3.63) is 48.2 Å². The Kier molecular flexibility index (Phi) is 5.67. The molecule has 1 amide bonds. The number of hydrogen-bond donors (Lipinski definition) is 2. The van der Waals surface area contributed by atoms with Crippen LogP contribution in [0.1, 0.15) is 17.7 Å². The maximum atomic E-state index is 13.2. The largest absolute Gasteiger partial charge is 0.454 e. The molecule has 0 spiro atoms. The quantitative estimate of drug-likeness (QED) is 0.556. The standard InChI is InChI=1S/C23H29N7O3/c1-15-21(27-23(28(15)3)29-9-8-25-13-29)30-12-17(24-2)11-18(30)22(31)26-7-6-16-4-5-19-20(10-16)33-14-32-19/h4-5,8-10,13,17-18,24H,6-7,11-12,14H2,1-3H3,(H,26,31). The minimum Gasteiger partial charge on any atom is -0.454 e. The number of carbonyl (C=O) groups is 1. The zero-order valence-corrected chi connectivity index (χ0v) is 19.1. The molecule has 5 rings (SSSR count). The zero-order valence-electron chi connectivity index (χ0n) is 19.1. The number of aromatic nitrogens is 4. The maximum absolute atomic E-state index is 13.2. The van der Waals surface area contributed by atoms with Crippen molar-refractivity contribution in [2.45, 2.75) is 31.8 Å². The van der Waals surface area contributed by atoms with Crippen molar-refractivity contribution in [3.63, 3.8) is 0 Å². The highest BCUT2D eigenvalue weighted by Gasteiger charge is 2.38. The number of anilines is 1. The molecule has 0 aliphatic carbocycles. The first kappa shape index (κ1) is 21.3. The third-order valence-electron chi connectivity index (χ3n) is 6.50. The third-order valence-corrected chi connectivity index (χ3v) is 6.50. The van der Waals surface area contributed by atoms with Crippen LogP contribution >= 0.6 is 0 Å².